The largest absolute Gasteiger partial charge is 0.492 e. The summed E-state index contributed by atoms with van der Waals surface area (Å²) in [4.78, 5) is 20.5. The average molecular weight is 561 g/mol. The number of amides is 2. The van der Waals surface area contributed by atoms with E-state index in [-0.39, 0.29) is 5.41 Å². The van der Waals surface area contributed by atoms with Crippen LogP contribution in [0, 0.1) is 0 Å². The number of carbonyl (C=O) groups excluding carboxylic acids is 1. The van der Waals surface area contributed by atoms with Crippen molar-refractivity contribution in [3.05, 3.63) is 60.4 Å². The Morgan fingerprint density at radius 3 is 2.62 bits per heavy atom. The highest BCUT2D eigenvalue weighted by Crippen LogP contribution is 2.32. The van der Waals surface area contributed by atoms with Crippen LogP contribution in [0.1, 0.15) is 26.5 Å². The van der Waals surface area contributed by atoms with Gasteiger partial charge in [-0.2, -0.15) is 0 Å². The van der Waals surface area contributed by atoms with Crippen molar-refractivity contribution in [2.45, 2.75) is 26.2 Å². The van der Waals surface area contributed by atoms with Gasteiger partial charge in [0.1, 0.15) is 12.4 Å². The van der Waals surface area contributed by atoms with E-state index < -0.39 is 6.03 Å². The second-order valence-corrected chi connectivity index (χ2v) is 11.8. The second kappa shape index (κ2) is 10.9. The molecule has 2 N–H and O–H groups in total. The minimum atomic E-state index is -0.400. The molecule has 2 aromatic carbocycles. The molecule has 0 saturated carbocycles. The zero-order valence-corrected chi connectivity index (χ0v) is 23.6. The number of thiazole rings is 1. The summed E-state index contributed by atoms with van der Waals surface area (Å²) in [7, 11) is 0. The van der Waals surface area contributed by atoms with Gasteiger partial charge in [-0.1, -0.05) is 49.4 Å². The number of benzene rings is 2. The molecule has 6 rings (SSSR count). The number of rotatable bonds is 7. The Balaban J connectivity index is 1.08. The third-order valence-electron chi connectivity index (χ3n) is 6.80. The maximum atomic E-state index is 12.4. The molecule has 0 bridgehead atoms. The quantitative estimate of drug-likeness (QED) is 0.257. The lowest BCUT2D eigenvalue weighted by atomic mass is 9.92. The summed E-state index contributed by atoms with van der Waals surface area (Å²) in [5.41, 5.74) is 4.19. The number of hydrogen-bond donors (Lipinski definition) is 2. The number of hydrogen-bond acceptors (Lipinski definition) is 8. The number of carbonyl (C=O) groups is 1. The zero-order chi connectivity index (χ0) is 27.7. The Labute approximate surface area is 235 Å². The van der Waals surface area contributed by atoms with Crippen LogP contribution in [-0.4, -0.2) is 64.9 Å². The van der Waals surface area contributed by atoms with E-state index in [9.17, 15) is 4.79 Å². The molecular formula is C29H32N6O4S. The van der Waals surface area contributed by atoms with Crippen molar-refractivity contribution in [1.82, 2.24) is 19.4 Å². The lowest BCUT2D eigenvalue weighted by molar-refractivity contribution is 0.0322. The smallest absolute Gasteiger partial charge is 0.326 e. The van der Waals surface area contributed by atoms with Crippen molar-refractivity contribution >= 4 is 44.1 Å². The Morgan fingerprint density at radius 1 is 1.07 bits per heavy atom. The predicted molar refractivity (Wildman–Crippen MR) is 157 cm³/mol. The van der Waals surface area contributed by atoms with E-state index in [4.69, 9.17) is 19.0 Å². The van der Waals surface area contributed by atoms with E-state index in [0.717, 1.165) is 70.7 Å². The van der Waals surface area contributed by atoms with Gasteiger partial charge in [-0.05, 0) is 30.3 Å². The van der Waals surface area contributed by atoms with Crippen molar-refractivity contribution in [3.8, 4) is 17.0 Å². The van der Waals surface area contributed by atoms with Gasteiger partial charge in [-0.25, -0.2) is 9.78 Å². The molecule has 0 spiro atoms. The van der Waals surface area contributed by atoms with Gasteiger partial charge in [-0.3, -0.25) is 14.6 Å². The number of urea groups is 1. The van der Waals surface area contributed by atoms with Crippen LogP contribution in [0.3, 0.4) is 0 Å². The average Bonchev–Trinajstić information content (AvgIpc) is 3.64. The first-order chi connectivity index (χ1) is 19.3. The summed E-state index contributed by atoms with van der Waals surface area (Å²) >= 11 is 1.63. The van der Waals surface area contributed by atoms with Gasteiger partial charge < -0.3 is 19.3 Å². The molecule has 3 aromatic heterocycles. The molecule has 0 radical (unpaired) electrons. The fourth-order valence-corrected chi connectivity index (χ4v) is 5.55. The molecule has 1 aliphatic heterocycles. The standard InChI is InChI=1S/C29H32N6O4S/c1-29(2,3)25-17-26(39-33-25)32-27(36)30-20-6-4-19(5-7-20)22-18-35-23-9-8-21(16-24(23)40-28(35)31-22)38-15-12-34-10-13-37-14-11-34/h4-9,16-18H,10-15H2,1-3H3,(H2,30,32,36). The lowest BCUT2D eigenvalue weighted by Gasteiger charge is -2.26. The van der Waals surface area contributed by atoms with Gasteiger partial charge in [0.2, 0.25) is 5.88 Å². The second-order valence-electron chi connectivity index (χ2n) is 10.8. The first kappa shape index (κ1) is 26.3. The fourth-order valence-electron chi connectivity index (χ4n) is 4.51. The molecule has 40 heavy (non-hydrogen) atoms. The van der Waals surface area contributed by atoms with Gasteiger partial charge in [0.15, 0.2) is 4.96 Å². The number of imidazole rings is 1. The van der Waals surface area contributed by atoms with Gasteiger partial charge in [0.25, 0.3) is 0 Å². The van der Waals surface area contributed by atoms with E-state index in [1.807, 2.05) is 57.3 Å². The van der Waals surface area contributed by atoms with Gasteiger partial charge in [0.05, 0.1) is 34.8 Å². The number of nitrogens with zero attached hydrogens (tertiary/aromatic N) is 4. The topological polar surface area (TPSA) is 106 Å². The molecule has 208 valence electrons. The molecule has 11 heteroatoms. The van der Waals surface area contributed by atoms with Crippen molar-refractivity contribution in [3.63, 3.8) is 0 Å². The lowest BCUT2D eigenvalue weighted by Crippen LogP contribution is -2.38. The highest BCUT2D eigenvalue weighted by Gasteiger charge is 2.20. The van der Waals surface area contributed by atoms with Crippen molar-refractivity contribution < 1.29 is 18.8 Å². The van der Waals surface area contributed by atoms with Crippen LogP contribution in [0.5, 0.6) is 5.75 Å². The maximum Gasteiger partial charge on any atom is 0.326 e. The SMILES string of the molecule is CC(C)(C)c1cc(NC(=O)Nc2ccc(-c3cn4c(n3)sc3cc(OCCN5CCOCC5)ccc34)cc2)on1. The third kappa shape index (κ3) is 5.81. The highest BCUT2D eigenvalue weighted by atomic mass is 32.1. The maximum absolute atomic E-state index is 12.4. The monoisotopic (exact) mass is 560 g/mol. The zero-order valence-electron chi connectivity index (χ0n) is 22.8. The summed E-state index contributed by atoms with van der Waals surface area (Å²) in [6.07, 6.45) is 2.04. The van der Waals surface area contributed by atoms with Crippen LogP contribution < -0.4 is 15.4 Å². The number of fused-ring (bicyclic) bond motifs is 3. The van der Waals surface area contributed by atoms with Gasteiger partial charge in [0, 0.05) is 48.6 Å². The number of morpholine rings is 1. The Hall–Kier alpha value is -3.93. The molecule has 0 atom stereocenters. The van der Waals surface area contributed by atoms with Crippen LogP contribution in [0.4, 0.5) is 16.4 Å². The van der Waals surface area contributed by atoms with E-state index in [2.05, 4.69) is 37.2 Å². The third-order valence-corrected chi connectivity index (χ3v) is 7.82. The first-order valence-corrected chi connectivity index (χ1v) is 14.1. The van der Waals surface area contributed by atoms with Gasteiger partial charge in [-0.15, -0.1) is 0 Å². The summed E-state index contributed by atoms with van der Waals surface area (Å²) in [6.45, 7) is 11.2. The summed E-state index contributed by atoms with van der Waals surface area (Å²) < 4.78 is 19.9. The molecule has 0 aliphatic carbocycles. The fraction of sp³-hybridized carbons (Fsp3) is 0.345. The van der Waals surface area contributed by atoms with Crippen LogP contribution in [-0.2, 0) is 10.2 Å². The van der Waals surface area contributed by atoms with Gasteiger partial charge >= 0.3 is 6.03 Å². The van der Waals surface area contributed by atoms with Crippen LogP contribution in [0.25, 0.3) is 26.4 Å². The minimum Gasteiger partial charge on any atom is -0.492 e. The van der Waals surface area contributed by atoms with Crippen LogP contribution in [0.2, 0.25) is 0 Å². The molecule has 5 aromatic rings. The molecule has 1 aliphatic rings. The minimum absolute atomic E-state index is 0.163. The van der Waals surface area contributed by atoms with Crippen LogP contribution >= 0.6 is 11.3 Å². The summed E-state index contributed by atoms with van der Waals surface area (Å²) in [5.74, 6) is 1.17. The van der Waals surface area contributed by atoms with E-state index in [0.29, 0.717) is 18.2 Å². The van der Waals surface area contributed by atoms with E-state index >= 15 is 0 Å². The number of anilines is 2. The number of nitrogens with one attached hydrogen (secondary N) is 2. The molecule has 1 saturated heterocycles. The molecule has 1 fully saturated rings. The van der Waals surface area contributed by atoms with Crippen molar-refractivity contribution in [2.24, 2.45) is 0 Å². The number of ether oxygens (including phenoxy) is 2. The molecule has 0 unspecified atom stereocenters. The predicted octanol–water partition coefficient (Wildman–Crippen LogP) is 5.86. The summed E-state index contributed by atoms with van der Waals surface area (Å²) in [5, 5.41) is 9.52. The van der Waals surface area contributed by atoms with Crippen LogP contribution in [0.15, 0.2) is 59.3 Å². The Morgan fingerprint density at radius 2 is 1.88 bits per heavy atom. The van der Waals surface area contributed by atoms with Crippen molar-refractivity contribution in [1.29, 1.82) is 0 Å². The summed E-state index contributed by atoms with van der Waals surface area (Å²) in [6, 6.07) is 15.1. The van der Waals surface area contributed by atoms with E-state index in [1.54, 1.807) is 17.4 Å². The number of aromatic nitrogens is 3. The molecule has 2 amide bonds. The molecule has 4 heterocycles. The molecule has 10 nitrogen and oxygen atoms in total. The van der Waals surface area contributed by atoms with Crippen molar-refractivity contribution in [2.75, 3.05) is 50.1 Å². The normalized spacial score (nSPS) is 14.6. The highest BCUT2D eigenvalue weighted by molar-refractivity contribution is 7.23. The Bertz CT molecular complexity index is 1630. The molecular weight excluding hydrogens is 528 g/mol. The first-order valence-electron chi connectivity index (χ1n) is 13.3. The Kier molecular flexibility index (Phi) is 7.18. The van der Waals surface area contributed by atoms with E-state index in [1.165, 1.54) is 0 Å².